The first-order chi connectivity index (χ1) is 35.2. The Morgan fingerprint density at radius 2 is 0.865 bits per heavy atom. The van der Waals surface area contributed by atoms with E-state index in [0.29, 0.717) is 17.8 Å². The van der Waals surface area contributed by atoms with Gasteiger partial charge < -0.3 is 23.0 Å². The summed E-state index contributed by atoms with van der Waals surface area (Å²) in [6.45, 7) is 35.6. The van der Waals surface area contributed by atoms with Crippen LogP contribution in [0.5, 0.6) is 0 Å². The first-order valence-corrected chi connectivity index (χ1v) is 26.9. The summed E-state index contributed by atoms with van der Waals surface area (Å²) in [5, 5.41) is 9.21. The van der Waals surface area contributed by atoms with Crippen molar-refractivity contribution >= 4 is 11.4 Å². The fourth-order valence-corrected chi connectivity index (χ4v) is 7.92. The number of anilines is 1. The van der Waals surface area contributed by atoms with Crippen molar-refractivity contribution in [2.45, 2.75) is 148 Å². The topological polar surface area (TPSA) is 51.9 Å². The molecule has 0 aliphatic rings. The van der Waals surface area contributed by atoms with Gasteiger partial charge in [0.1, 0.15) is 0 Å². The first-order valence-electron chi connectivity index (χ1n) is 26.9. The molecule has 1 N–H and O–H groups in total. The van der Waals surface area contributed by atoms with Crippen molar-refractivity contribution in [1.82, 2.24) is 9.97 Å². The maximum atomic E-state index is 5.28. The summed E-state index contributed by atoms with van der Waals surface area (Å²) in [7, 11) is 0. The molecule has 8 aromatic rings. The molecule has 0 amide bonds. The van der Waals surface area contributed by atoms with Gasteiger partial charge in [0, 0.05) is 42.8 Å². The molecule has 2 aromatic heterocycles. The zero-order valence-corrected chi connectivity index (χ0v) is 52.2. The van der Waals surface area contributed by atoms with Gasteiger partial charge >= 0.3 is 0 Å². The van der Waals surface area contributed by atoms with Gasteiger partial charge in [-0.1, -0.05) is 273 Å². The minimum Gasteiger partial charge on any atom is -0.673 e. The minimum absolute atomic E-state index is 0. The summed E-state index contributed by atoms with van der Waals surface area (Å²) in [6.07, 6.45) is 0. The number of rotatable bonds is 13. The second-order valence-corrected chi connectivity index (χ2v) is 16.8. The van der Waals surface area contributed by atoms with Crippen LogP contribution in [-0.4, -0.2) is 9.97 Å². The predicted octanol–water partition coefficient (Wildman–Crippen LogP) is 21.6. The van der Waals surface area contributed by atoms with Crippen molar-refractivity contribution in [3.05, 3.63) is 252 Å². The minimum atomic E-state index is -0.173. The molecule has 2 unspecified atom stereocenters. The molecule has 6 aromatic carbocycles. The molecular weight excluding hydrogens is 1060 g/mol. The molecular formula is C69H91HfN4-3. The Balaban J connectivity index is 0.00000121. The predicted molar refractivity (Wildman–Crippen MR) is 324 cm³/mol. The number of para-hydroxylation sites is 2. The Labute approximate surface area is 471 Å². The maximum absolute atomic E-state index is 5.28. The number of hydrogen-bond acceptors (Lipinski definition) is 3. The van der Waals surface area contributed by atoms with Crippen molar-refractivity contribution in [2.75, 3.05) is 5.32 Å². The van der Waals surface area contributed by atoms with Gasteiger partial charge in [0.15, 0.2) is 0 Å². The van der Waals surface area contributed by atoms with E-state index < -0.39 is 0 Å². The van der Waals surface area contributed by atoms with Crippen LogP contribution in [-0.2, 0) is 25.8 Å². The molecule has 74 heavy (non-hydrogen) atoms. The van der Waals surface area contributed by atoms with Gasteiger partial charge in [0.2, 0.25) is 0 Å². The normalized spacial score (nSPS) is 10.5. The number of hydrogen-bond donors (Lipinski definition) is 1. The van der Waals surface area contributed by atoms with Crippen LogP contribution >= 0.6 is 0 Å². The third-order valence-corrected chi connectivity index (χ3v) is 11.2. The summed E-state index contributed by atoms with van der Waals surface area (Å²) in [6, 6.07) is 68.0. The van der Waals surface area contributed by atoms with Crippen LogP contribution in [0.3, 0.4) is 0 Å². The number of nitrogens with zero attached hydrogens (tertiary/aromatic N) is 3. The van der Waals surface area contributed by atoms with Crippen molar-refractivity contribution < 1.29 is 25.8 Å². The van der Waals surface area contributed by atoms with Gasteiger partial charge in [-0.25, -0.2) is 0 Å². The number of aromatic nitrogens is 2. The van der Waals surface area contributed by atoms with Gasteiger partial charge in [0.05, 0.1) is 17.4 Å². The number of nitrogens with one attached hydrogen (secondary N) is 1. The van der Waals surface area contributed by atoms with Crippen LogP contribution < -0.4 is 5.32 Å². The molecule has 0 spiro atoms. The van der Waals surface area contributed by atoms with Gasteiger partial charge in [-0.3, -0.25) is 4.98 Å². The quantitative estimate of drug-likeness (QED) is 0.0925. The molecule has 2 atom stereocenters. The van der Waals surface area contributed by atoms with E-state index in [1.807, 2.05) is 112 Å². The average Bonchev–Trinajstić information content (AvgIpc) is 3.45. The fourth-order valence-electron chi connectivity index (χ4n) is 7.92. The van der Waals surface area contributed by atoms with Gasteiger partial charge in [-0.15, -0.1) is 41.6 Å². The van der Waals surface area contributed by atoms with Crippen molar-refractivity contribution in [2.24, 2.45) is 0 Å². The smallest absolute Gasteiger partial charge is 0.0940 e. The Hall–Kier alpha value is -5.91. The summed E-state index contributed by atoms with van der Waals surface area (Å²) in [5.41, 5.74) is 15.8. The van der Waals surface area contributed by atoms with Gasteiger partial charge in [-0.05, 0) is 71.3 Å². The van der Waals surface area contributed by atoms with Crippen molar-refractivity contribution in [3.63, 3.8) is 0 Å². The molecule has 5 heteroatoms. The van der Waals surface area contributed by atoms with Crippen LogP contribution in [0, 0.1) is 20.4 Å². The van der Waals surface area contributed by atoms with E-state index in [9.17, 15) is 0 Å². The SMILES string of the molecule is CC.CC.CC.CC.CC.CC(C)c1cccc(C(C)C)c1NC(c1ccccc1)c1cccc(-c2ccccc2)n1.Cc1cccc(C(C)C)c1[N-]C(c1ccccc1)c1cccc(-c2[c-]cccc2)n1.[CH3-].[Hf]. The van der Waals surface area contributed by atoms with Crippen LogP contribution in [0.4, 0.5) is 11.4 Å². The van der Waals surface area contributed by atoms with Crippen molar-refractivity contribution in [3.8, 4) is 22.5 Å². The number of pyridine rings is 2. The second-order valence-electron chi connectivity index (χ2n) is 16.8. The number of aryl methyl sites for hydroxylation is 1. The van der Waals surface area contributed by atoms with E-state index in [-0.39, 0.29) is 45.4 Å². The molecule has 0 bridgehead atoms. The average molecular weight is 1160 g/mol. The molecule has 0 aliphatic carbocycles. The monoisotopic (exact) mass is 1160 g/mol. The Morgan fingerprint density at radius 3 is 1.38 bits per heavy atom. The van der Waals surface area contributed by atoms with E-state index in [1.165, 1.54) is 33.5 Å². The van der Waals surface area contributed by atoms with Gasteiger partial charge in [-0.2, -0.15) is 0 Å². The Kier molecular flexibility index (Phi) is 35.6. The van der Waals surface area contributed by atoms with Gasteiger partial charge in [0.25, 0.3) is 0 Å². The molecule has 0 saturated carbocycles. The summed E-state index contributed by atoms with van der Waals surface area (Å²) in [5.74, 6) is 1.26. The van der Waals surface area contributed by atoms with E-state index in [0.717, 1.165) is 45.2 Å². The zero-order valence-electron chi connectivity index (χ0n) is 48.6. The van der Waals surface area contributed by atoms with Crippen molar-refractivity contribution in [1.29, 1.82) is 0 Å². The molecule has 0 fully saturated rings. The summed E-state index contributed by atoms with van der Waals surface area (Å²) < 4.78 is 0. The molecule has 2 heterocycles. The van der Waals surface area contributed by atoms with Crippen LogP contribution in [0.2, 0.25) is 0 Å². The molecule has 0 radical (unpaired) electrons. The second kappa shape index (κ2) is 38.6. The van der Waals surface area contributed by atoms with E-state index in [2.05, 4.69) is 205 Å². The van der Waals surface area contributed by atoms with Crippen LogP contribution in [0.15, 0.2) is 188 Å². The third kappa shape index (κ3) is 20.1. The molecule has 0 saturated heterocycles. The molecule has 8 rings (SSSR count). The van der Waals surface area contributed by atoms with Crippen LogP contribution in [0.25, 0.3) is 27.8 Å². The number of benzene rings is 6. The van der Waals surface area contributed by atoms with E-state index in [4.69, 9.17) is 15.3 Å². The Morgan fingerprint density at radius 1 is 0.432 bits per heavy atom. The zero-order chi connectivity index (χ0) is 53.4. The summed E-state index contributed by atoms with van der Waals surface area (Å²) in [4.78, 5) is 10.1. The molecule has 394 valence electrons. The van der Waals surface area contributed by atoms with Crippen LogP contribution in [0.1, 0.15) is 185 Å². The standard InChI is InChI=1S/C30H32N2.C28H26N2.5C2H6.CH3.Hf/c1-21(2)25-17-11-18-26(22(3)4)30(25)32-29(24-15-9-6-10-16-24)28-20-12-19-27(31-28)23-13-7-5-8-14-23;1-20(2)24-17-10-12-21(3)27(24)30-28(23-15-8-5-9-16-23)26-19-11-18-25(29-26)22-13-6-4-7-14-22;5*1-2;;/h5-22,29,32H,1-4H3;4-13,15-20,28H,1-3H3;5*1-2H3;1H3;/q;-2;;;;;;-1;. The molecule has 0 aliphatic heterocycles. The maximum Gasteiger partial charge on any atom is 0.0940 e. The Bertz CT molecular complexity index is 2600. The van der Waals surface area contributed by atoms with E-state index >= 15 is 0 Å². The first kappa shape index (κ1) is 68.1. The summed E-state index contributed by atoms with van der Waals surface area (Å²) >= 11 is 0. The largest absolute Gasteiger partial charge is 0.673 e. The third-order valence-electron chi connectivity index (χ3n) is 11.2. The van der Waals surface area contributed by atoms with E-state index in [1.54, 1.807) is 0 Å². The molecule has 4 nitrogen and oxygen atoms in total. The fraction of sp³-hybridized carbons (Fsp3) is 0.319.